The molecule has 0 atom stereocenters. The summed E-state index contributed by atoms with van der Waals surface area (Å²) in [4.78, 5) is 38.0. The molecule has 1 N–H and O–H groups in total. The quantitative estimate of drug-likeness (QED) is 0.287. The predicted octanol–water partition coefficient (Wildman–Crippen LogP) is 2.86. The molecule has 36 heavy (non-hydrogen) atoms. The number of anilines is 1. The van der Waals surface area contributed by atoms with Gasteiger partial charge in [0.1, 0.15) is 23.7 Å². The lowest BCUT2D eigenvalue weighted by Gasteiger charge is -2.29. The minimum Gasteiger partial charge on any atom is -0.545 e. The zero-order chi connectivity index (χ0) is 25.7. The maximum absolute atomic E-state index is 13.2. The molecule has 8 nitrogen and oxygen atoms in total. The minimum atomic E-state index is -1.25. The summed E-state index contributed by atoms with van der Waals surface area (Å²) in [5, 5.41) is 13.6. The van der Waals surface area contributed by atoms with Gasteiger partial charge in [0, 0.05) is 0 Å². The van der Waals surface area contributed by atoms with Gasteiger partial charge in [-0.2, -0.15) is 0 Å². The lowest BCUT2D eigenvalue weighted by Crippen LogP contribution is -2.54. The SMILES string of the molecule is CCOc1ccc(N2C(=O)/C(=C/c3ccc(OCc4cccc(C(=O)[O-])c4)cc3)C(=O)NC2=S)cc1. The molecule has 1 aliphatic heterocycles. The first kappa shape index (κ1) is 24.6. The normalized spacial score (nSPS) is 14.5. The second-order valence-corrected chi connectivity index (χ2v) is 8.12. The highest BCUT2D eigenvalue weighted by Gasteiger charge is 2.34. The molecule has 1 aliphatic rings. The van der Waals surface area contributed by atoms with Crippen LogP contribution in [0, 0.1) is 0 Å². The number of nitrogens with one attached hydrogen (secondary N) is 1. The van der Waals surface area contributed by atoms with Crippen molar-refractivity contribution in [2.24, 2.45) is 0 Å². The molecular weight excluding hydrogens is 480 g/mol. The Bertz CT molecular complexity index is 1350. The summed E-state index contributed by atoms with van der Waals surface area (Å²) in [6.45, 7) is 2.56. The van der Waals surface area contributed by atoms with Gasteiger partial charge in [-0.1, -0.05) is 30.3 Å². The number of carboxylic acid groups (broad SMARTS) is 1. The van der Waals surface area contributed by atoms with Crippen LogP contribution < -0.4 is 24.8 Å². The second kappa shape index (κ2) is 10.8. The number of hydrogen-bond donors (Lipinski definition) is 1. The Labute approximate surface area is 212 Å². The first-order chi connectivity index (χ1) is 17.4. The van der Waals surface area contributed by atoms with Gasteiger partial charge in [-0.25, -0.2) is 0 Å². The van der Waals surface area contributed by atoms with Gasteiger partial charge < -0.3 is 19.4 Å². The van der Waals surface area contributed by atoms with E-state index in [1.54, 1.807) is 60.7 Å². The summed E-state index contributed by atoms with van der Waals surface area (Å²) in [7, 11) is 0. The zero-order valence-corrected chi connectivity index (χ0v) is 20.0. The monoisotopic (exact) mass is 501 g/mol. The van der Waals surface area contributed by atoms with E-state index in [1.807, 2.05) is 6.92 Å². The van der Waals surface area contributed by atoms with Crippen LogP contribution in [-0.4, -0.2) is 29.5 Å². The van der Waals surface area contributed by atoms with Crippen LogP contribution >= 0.6 is 12.2 Å². The summed E-state index contributed by atoms with van der Waals surface area (Å²) < 4.78 is 11.1. The number of carbonyl (C=O) groups excluding carboxylic acids is 3. The lowest BCUT2D eigenvalue weighted by atomic mass is 10.1. The topological polar surface area (TPSA) is 108 Å². The molecule has 0 unspecified atom stereocenters. The Morgan fingerprint density at radius 2 is 1.67 bits per heavy atom. The molecule has 4 rings (SSSR count). The van der Waals surface area contributed by atoms with Crippen molar-refractivity contribution in [3.05, 3.63) is 95.1 Å². The first-order valence-corrected chi connectivity index (χ1v) is 11.4. The molecule has 1 heterocycles. The summed E-state index contributed by atoms with van der Waals surface area (Å²) in [6.07, 6.45) is 1.48. The van der Waals surface area contributed by atoms with E-state index >= 15 is 0 Å². The molecule has 182 valence electrons. The number of rotatable bonds is 8. The molecule has 0 bridgehead atoms. The fraction of sp³-hybridized carbons (Fsp3) is 0.111. The van der Waals surface area contributed by atoms with Gasteiger partial charge in [0.25, 0.3) is 11.8 Å². The second-order valence-electron chi connectivity index (χ2n) is 7.73. The number of amides is 2. The van der Waals surface area contributed by atoms with Crippen LogP contribution in [0.3, 0.4) is 0 Å². The van der Waals surface area contributed by atoms with Crippen LogP contribution in [0.25, 0.3) is 6.08 Å². The molecular formula is C27H21N2O6S-. The highest BCUT2D eigenvalue weighted by Crippen LogP contribution is 2.25. The van der Waals surface area contributed by atoms with Crippen molar-refractivity contribution in [1.29, 1.82) is 0 Å². The van der Waals surface area contributed by atoms with Gasteiger partial charge in [-0.15, -0.1) is 0 Å². The number of hydrogen-bond acceptors (Lipinski definition) is 7. The smallest absolute Gasteiger partial charge is 0.270 e. The third-order valence-corrected chi connectivity index (χ3v) is 5.55. The van der Waals surface area contributed by atoms with Crippen molar-refractivity contribution in [2.45, 2.75) is 13.5 Å². The van der Waals surface area contributed by atoms with Crippen LogP contribution in [0.2, 0.25) is 0 Å². The lowest BCUT2D eigenvalue weighted by molar-refractivity contribution is -0.255. The Balaban J connectivity index is 1.48. The van der Waals surface area contributed by atoms with E-state index < -0.39 is 17.8 Å². The van der Waals surface area contributed by atoms with E-state index in [9.17, 15) is 19.5 Å². The van der Waals surface area contributed by atoms with E-state index in [4.69, 9.17) is 21.7 Å². The van der Waals surface area contributed by atoms with Crippen LogP contribution in [0.15, 0.2) is 78.4 Å². The molecule has 1 saturated heterocycles. The van der Waals surface area contributed by atoms with E-state index in [2.05, 4.69) is 5.32 Å². The molecule has 2 amide bonds. The van der Waals surface area contributed by atoms with Gasteiger partial charge >= 0.3 is 0 Å². The van der Waals surface area contributed by atoms with Crippen LogP contribution in [0.4, 0.5) is 5.69 Å². The summed E-state index contributed by atoms with van der Waals surface area (Å²) in [5.74, 6) is -1.18. The Hall–Kier alpha value is -4.50. The van der Waals surface area contributed by atoms with Crippen LogP contribution in [0.5, 0.6) is 11.5 Å². The van der Waals surface area contributed by atoms with E-state index in [0.717, 1.165) is 0 Å². The van der Waals surface area contributed by atoms with Gasteiger partial charge in [-0.05, 0) is 84.4 Å². The summed E-state index contributed by atoms with van der Waals surface area (Å²) in [5.41, 5.74) is 1.81. The average molecular weight is 502 g/mol. The van der Waals surface area contributed by atoms with Crippen molar-refractivity contribution in [2.75, 3.05) is 11.5 Å². The maximum Gasteiger partial charge on any atom is 0.270 e. The molecule has 0 spiro atoms. The van der Waals surface area contributed by atoms with Gasteiger partial charge in [0.05, 0.1) is 18.3 Å². The molecule has 0 aromatic heterocycles. The Morgan fingerprint density at radius 3 is 2.33 bits per heavy atom. The highest BCUT2D eigenvalue weighted by molar-refractivity contribution is 7.80. The van der Waals surface area contributed by atoms with Crippen LogP contribution in [-0.2, 0) is 16.2 Å². The highest BCUT2D eigenvalue weighted by atomic mass is 32.1. The minimum absolute atomic E-state index is 0.00203. The molecule has 0 radical (unpaired) electrons. The van der Waals surface area contributed by atoms with Gasteiger partial charge in [0.2, 0.25) is 0 Å². The third-order valence-electron chi connectivity index (χ3n) is 5.27. The van der Waals surface area contributed by atoms with Crippen molar-refractivity contribution in [3.63, 3.8) is 0 Å². The number of carbonyl (C=O) groups is 3. The maximum atomic E-state index is 13.2. The molecule has 0 saturated carbocycles. The summed E-state index contributed by atoms with van der Waals surface area (Å²) >= 11 is 5.24. The standard InChI is InChI=1S/C27H22N2O6S/c1-2-34-21-12-8-20(9-13-21)29-25(31)23(24(30)28-27(29)36)15-17-6-10-22(11-7-17)35-16-18-4-3-5-19(14-18)26(32)33/h3-15H,2,16H2,1H3,(H,32,33)(H,28,30,36)/p-1/b23-15+. The largest absolute Gasteiger partial charge is 0.545 e. The van der Waals surface area contributed by atoms with Crippen molar-refractivity contribution in [3.8, 4) is 11.5 Å². The Morgan fingerprint density at radius 1 is 1.00 bits per heavy atom. The Kier molecular flexibility index (Phi) is 7.41. The number of nitrogens with zero attached hydrogens (tertiary/aromatic N) is 1. The average Bonchev–Trinajstić information content (AvgIpc) is 2.87. The molecule has 3 aromatic rings. The third kappa shape index (κ3) is 5.59. The van der Waals surface area contributed by atoms with Crippen molar-refractivity contribution < 1.29 is 29.0 Å². The number of ether oxygens (including phenoxy) is 2. The number of carboxylic acids is 1. The zero-order valence-electron chi connectivity index (χ0n) is 19.2. The first-order valence-electron chi connectivity index (χ1n) is 11.0. The fourth-order valence-electron chi connectivity index (χ4n) is 3.53. The fourth-order valence-corrected chi connectivity index (χ4v) is 3.81. The molecule has 9 heteroatoms. The number of thiocarbonyl (C=S) groups is 1. The van der Waals surface area contributed by atoms with Crippen LogP contribution in [0.1, 0.15) is 28.4 Å². The predicted molar refractivity (Wildman–Crippen MR) is 135 cm³/mol. The number of aromatic carboxylic acids is 1. The van der Waals surface area contributed by atoms with Crippen molar-refractivity contribution >= 4 is 46.9 Å². The van der Waals surface area contributed by atoms with Crippen molar-refractivity contribution in [1.82, 2.24) is 5.32 Å². The molecule has 0 aliphatic carbocycles. The van der Waals surface area contributed by atoms with E-state index in [-0.39, 0.29) is 22.9 Å². The molecule has 3 aromatic carbocycles. The van der Waals surface area contributed by atoms with Gasteiger partial charge in [0.15, 0.2) is 5.11 Å². The number of benzene rings is 3. The van der Waals surface area contributed by atoms with E-state index in [1.165, 1.54) is 23.1 Å². The molecule has 1 fully saturated rings. The van der Waals surface area contributed by atoms with Gasteiger partial charge in [-0.3, -0.25) is 19.8 Å². The summed E-state index contributed by atoms with van der Waals surface area (Å²) in [6, 6.07) is 19.9. The van der Waals surface area contributed by atoms with E-state index in [0.29, 0.717) is 34.9 Å².